The summed E-state index contributed by atoms with van der Waals surface area (Å²) in [7, 11) is 0. The van der Waals surface area contributed by atoms with Crippen LogP contribution in [-0.2, 0) is 13.1 Å². The normalized spacial score (nSPS) is 13.5. The van der Waals surface area contributed by atoms with Crippen LogP contribution in [0, 0.1) is 17.5 Å². The van der Waals surface area contributed by atoms with Gasteiger partial charge in [-0.05, 0) is 197 Å². The Hall–Kier alpha value is -10.2. The first-order chi connectivity index (χ1) is 59.6. The molecule has 0 aliphatic carbocycles. The summed E-state index contributed by atoms with van der Waals surface area (Å²) in [6.45, 7) is 25.6. The van der Waals surface area contributed by atoms with E-state index in [0.29, 0.717) is 81.4 Å². The fourth-order valence-electron chi connectivity index (χ4n) is 13.8. The second kappa shape index (κ2) is 52.3. The lowest BCUT2D eigenvalue weighted by atomic mass is 10.1. The maximum absolute atomic E-state index is 14.0. The number of piperazine rings is 3. The zero-order chi connectivity index (χ0) is 85.9. The van der Waals surface area contributed by atoms with Crippen LogP contribution in [0.15, 0.2) is 286 Å². The first-order valence-electron chi connectivity index (χ1n) is 41.4. The predicted molar refractivity (Wildman–Crippen MR) is 492 cm³/mol. The number of ether oxygens (including phenoxy) is 3. The molecule has 3 aliphatic rings. The highest BCUT2D eigenvalue weighted by atomic mass is 35.5. The number of nitrogens with one attached hydrogen (secondary N) is 1. The van der Waals surface area contributed by atoms with E-state index in [1.54, 1.807) is 54.9 Å². The molecule has 11 aromatic rings. The number of hydrogen-bond donors (Lipinski definition) is 1. The van der Waals surface area contributed by atoms with E-state index in [9.17, 15) is 27.6 Å². The smallest absolute Gasteiger partial charge is 0.256 e. The molecule has 25 heteroatoms. The van der Waals surface area contributed by atoms with Crippen LogP contribution in [0.1, 0.15) is 87.8 Å². The van der Waals surface area contributed by atoms with Crippen LogP contribution < -0.4 is 34.2 Å². The van der Waals surface area contributed by atoms with Crippen molar-refractivity contribution in [3.8, 4) is 17.2 Å². The van der Waals surface area contributed by atoms with Crippen molar-refractivity contribution in [2.24, 2.45) is 4.99 Å². The van der Waals surface area contributed by atoms with Crippen molar-refractivity contribution in [2.75, 3.05) is 152 Å². The molecule has 122 heavy (non-hydrogen) atoms. The van der Waals surface area contributed by atoms with Crippen molar-refractivity contribution in [1.29, 1.82) is 0 Å². The van der Waals surface area contributed by atoms with Gasteiger partial charge in [-0.15, -0.1) is 0 Å². The molecule has 1 N–H and O–H groups in total. The Morgan fingerprint density at radius 3 is 1.28 bits per heavy atom. The molecule has 1 amide bonds. The van der Waals surface area contributed by atoms with Gasteiger partial charge in [0, 0.05) is 173 Å². The van der Waals surface area contributed by atoms with Crippen LogP contribution >= 0.6 is 58.3 Å². The highest BCUT2D eigenvalue weighted by Crippen LogP contribution is 2.36. The Morgan fingerprint density at radius 1 is 0.467 bits per heavy atom. The summed E-state index contributed by atoms with van der Waals surface area (Å²) in [6.07, 6.45) is 9.18. The van der Waals surface area contributed by atoms with E-state index in [-0.39, 0.29) is 23.4 Å². The van der Waals surface area contributed by atoms with E-state index in [0.717, 1.165) is 187 Å². The molecule has 3 fully saturated rings. The van der Waals surface area contributed by atoms with E-state index in [1.165, 1.54) is 65.5 Å². The number of nitrogens with zero attached hydrogens (tertiary/aromatic N) is 10. The Bertz CT molecular complexity index is 4950. The van der Waals surface area contributed by atoms with Crippen LogP contribution in [0.2, 0.25) is 10.0 Å². The van der Waals surface area contributed by atoms with Gasteiger partial charge in [0.15, 0.2) is 0 Å². The lowest BCUT2D eigenvalue weighted by molar-refractivity contribution is 0.0729. The maximum Gasteiger partial charge on any atom is 0.256 e. The minimum atomic E-state index is -0.505. The number of aliphatic imine (C=N–C) groups is 1. The average Bonchev–Trinajstić information content (AvgIpc) is 0.835. The second-order valence-electron chi connectivity index (χ2n) is 28.6. The van der Waals surface area contributed by atoms with Gasteiger partial charge in [-0.25, -0.2) is 23.1 Å². The molecule has 0 saturated carbocycles. The Labute approximate surface area is 740 Å². The lowest BCUT2D eigenvalue weighted by Crippen LogP contribution is -2.47. The number of halogens is 6. The number of carbonyl (C=O) groups excluding carboxylic acids is 3. The summed E-state index contributed by atoms with van der Waals surface area (Å²) >= 11 is 20.2. The number of anilines is 3. The summed E-state index contributed by atoms with van der Waals surface area (Å²) < 4.78 is 57.7. The number of aldehydes is 1. The van der Waals surface area contributed by atoms with Crippen molar-refractivity contribution in [3.63, 3.8) is 0 Å². The molecule has 0 atom stereocenters. The highest BCUT2D eigenvalue weighted by molar-refractivity contribution is 7.99. The van der Waals surface area contributed by atoms with Crippen molar-refractivity contribution < 1.29 is 41.8 Å². The molecule has 9 aromatic carbocycles. The van der Waals surface area contributed by atoms with Gasteiger partial charge in [0.05, 0.1) is 48.0 Å². The minimum absolute atomic E-state index is 0.0296. The van der Waals surface area contributed by atoms with E-state index >= 15 is 0 Å². The summed E-state index contributed by atoms with van der Waals surface area (Å²) in [5, 5.41) is 5.62. The van der Waals surface area contributed by atoms with Crippen LogP contribution in [0.25, 0.3) is 0 Å². The van der Waals surface area contributed by atoms with Gasteiger partial charge in [-0.2, -0.15) is 0 Å². The summed E-state index contributed by atoms with van der Waals surface area (Å²) in [5.41, 5.74) is 8.23. The fraction of sp³-hybridized carbons (Fsp3) is 0.299. The third-order valence-corrected chi connectivity index (χ3v) is 22.7. The van der Waals surface area contributed by atoms with Gasteiger partial charge in [0.1, 0.15) is 51.0 Å². The Balaban J connectivity index is 0.000000172. The molecule has 0 radical (unpaired) electrons. The molecule has 0 bridgehead atoms. The third-order valence-electron chi connectivity index (χ3n) is 20.0. The molecule has 3 saturated heterocycles. The van der Waals surface area contributed by atoms with Crippen molar-refractivity contribution >= 4 is 99.0 Å². The summed E-state index contributed by atoms with van der Waals surface area (Å²) in [5.74, 6) is 1.06. The summed E-state index contributed by atoms with van der Waals surface area (Å²) in [4.78, 5) is 66.5. The van der Waals surface area contributed by atoms with Crippen LogP contribution in [0.5, 0.6) is 17.2 Å². The van der Waals surface area contributed by atoms with Gasteiger partial charge in [-0.3, -0.25) is 34.1 Å². The molecule has 2 aromatic heterocycles. The van der Waals surface area contributed by atoms with Gasteiger partial charge in [0.2, 0.25) is 0 Å². The molecule has 640 valence electrons. The Morgan fingerprint density at radius 2 is 0.861 bits per heavy atom. The largest absolute Gasteiger partial charge is 0.492 e. The molecule has 0 unspecified atom stereocenters. The fourth-order valence-corrected chi connectivity index (χ4v) is 16.0. The first kappa shape index (κ1) is 94.0. The SMILES string of the molecule is CCOc1cc(F)ccc1N1CCN(CCCN(Cc2ccccc2)C(=O)c2cccnc2Sc2ccc(Cl)cc2)CC1.CCOc1cc(F)ccc1N1CCN(CCCN=Cc2ccccc2)CC1.CCOc1cc(F)ccc1N1CCN(CCCNCc2ccccc2)CC1.O=C(Cl)c1cccnc1Sc1ccc(Cl)cc1.O=Cc1ccccc1. The van der Waals surface area contributed by atoms with Crippen molar-refractivity contribution in [2.45, 2.75) is 73.0 Å². The van der Waals surface area contributed by atoms with E-state index in [4.69, 9.17) is 49.0 Å². The van der Waals surface area contributed by atoms with Crippen molar-refractivity contribution in [1.82, 2.24) is 34.9 Å². The molecule has 5 heterocycles. The number of rotatable bonds is 33. The average molecular weight is 1750 g/mol. The summed E-state index contributed by atoms with van der Waals surface area (Å²) in [6, 6.07) is 76.2. The zero-order valence-electron chi connectivity index (χ0n) is 69.4. The molecular weight excluding hydrogens is 1640 g/mol. The first-order valence-corrected chi connectivity index (χ1v) is 44.2. The molecule has 14 rings (SSSR count). The van der Waals surface area contributed by atoms with Gasteiger partial charge in [-0.1, -0.05) is 168 Å². The number of aromatic nitrogens is 2. The highest BCUT2D eigenvalue weighted by Gasteiger charge is 2.26. The maximum atomic E-state index is 14.0. The van der Waals surface area contributed by atoms with Crippen LogP contribution in [0.3, 0.4) is 0 Å². The van der Waals surface area contributed by atoms with Crippen LogP contribution in [-0.4, -0.2) is 191 Å². The van der Waals surface area contributed by atoms with Gasteiger partial charge >= 0.3 is 0 Å². The number of amides is 1. The number of pyridine rings is 2. The number of hydrogen-bond acceptors (Lipinski definition) is 18. The number of benzene rings is 9. The molecule has 3 aliphatic heterocycles. The van der Waals surface area contributed by atoms with Gasteiger partial charge in [0.25, 0.3) is 11.1 Å². The van der Waals surface area contributed by atoms with E-state index in [2.05, 4.69) is 98.2 Å². The molecular formula is C97H107Cl3F3N11O6S2. The number of carbonyl (C=O) groups is 3. The van der Waals surface area contributed by atoms with Gasteiger partial charge < -0.3 is 39.1 Å². The Kier molecular flexibility index (Phi) is 40.3. The van der Waals surface area contributed by atoms with Crippen LogP contribution in [0.4, 0.5) is 30.2 Å². The van der Waals surface area contributed by atoms with Crippen molar-refractivity contribution in [3.05, 3.63) is 322 Å². The zero-order valence-corrected chi connectivity index (χ0v) is 73.3. The molecule has 0 spiro atoms. The lowest BCUT2D eigenvalue weighted by Gasteiger charge is -2.37. The van der Waals surface area contributed by atoms with E-state index in [1.807, 2.05) is 153 Å². The monoisotopic (exact) mass is 1750 g/mol. The predicted octanol–water partition coefficient (Wildman–Crippen LogP) is 20.4. The third kappa shape index (κ3) is 31.9. The minimum Gasteiger partial charge on any atom is -0.492 e. The quantitative estimate of drug-likeness (QED) is 0.0179. The van der Waals surface area contributed by atoms with E-state index < -0.39 is 5.24 Å². The second-order valence-corrected chi connectivity index (χ2v) is 32.0. The molecule has 17 nitrogen and oxygen atoms in total. The topological polar surface area (TPSA) is 152 Å². The standard InChI is InChI=1S/C34H36ClFN4O2S.C22H30FN3O.C22H28FN3O.C12H7Cl2NOS.C7H6O/c1-2-42-32-24-28(36)13-16-31(32)39-22-20-38(21-23-39)18-7-19-40(25-26-8-4-3-5-9-26)34(41)30-10-6-17-37-33(30)43-29-14-11-27(35)12-15-29;2*1-2-27-22-17-20(23)9-10-21(22)26-15-13-25(14-16-26)12-6-11-24-18-19-7-4-3-5-8-19;13-8-3-5-9(6-4-8)17-12-10(11(14)16)2-1-7-15-12;8-6-7-4-2-1-3-5-7/h3-6,8-17,24H,2,7,18-23,25H2,1H3;3-5,7-10,17,24H,2,6,11-16,18H2,1H3;3-5,7-10,17-18H,2,6,11-16H2,1H3;1-7H;1-6H.